The van der Waals surface area contributed by atoms with E-state index in [1.165, 1.54) is 58.6 Å². The van der Waals surface area contributed by atoms with Crippen LogP contribution in [0.3, 0.4) is 0 Å². The van der Waals surface area contributed by atoms with Crippen molar-refractivity contribution in [3.05, 3.63) is 159 Å². The zero-order valence-corrected chi connectivity index (χ0v) is 65.2. The molecule has 118 heavy (non-hydrogen) atoms. The maximum Gasteiger partial charge on any atom is 0.263 e. The number of hydrogen-bond donors (Lipinski definition) is 8. The van der Waals surface area contributed by atoms with E-state index < -0.39 is 17.7 Å². The van der Waals surface area contributed by atoms with Gasteiger partial charge in [0.05, 0.1) is 157 Å². The molecule has 1 saturated carbocycles. The predicted octanol–water partition coefficient (Wildman–Crippen LogP) is 3.21. The summed E-state index contributed by atoms with van der Waals surface area (Å²) in [5.74, 6) is 0.426. The van der Waals surface area contributed by atoms with Gasteiger partial charge in [0.15, 0.2) is 45.9 Å². The number of carbonyl (C=O) groups is 4. The highest BCUT2D eigenvalue weighted by atomic mass is 35.5. The van der Waals surface area contributed by atoms with Crippen molar-refractivity contribution in [3.8, 4) is 17.4 Å². The van der Waals surface area contributed by atoms with E-state index in [1.807, 2.05) is 24.8 Å². The van der Waals surface area contributed by atoms with Crippen LogP contribution in [0.2, 0.25) is 5.15 Å². The molecule has 610 valence electrons. The summed E-state index contributed by atoms with van der Waals surface area (Å²) in [4.78, 5) is 105. The lowest BCUT2D eigenvalue weighted by Crippen LogP contribution is -2.50. The van der Waals surface area contributed by atoms with Crippen LogP contribution in [-0.2, 0) is 70.8 Å². The molecule has 41 nitrogen and oxygen atoms in total. The minimum Gasteiger partial charge on any atom is -0.494 e. The van der Waals surface area contributed by atoms with Crippen molar-refractivity contribution >= 4 is 104 Å². The number of pyridine rings is 2. The Hall–Kier alpha value is -12.6. The fourth-order valence-corrected chi connectivity index (χ4v) is 15.6. The third-order valence-electron chi connectivity index (χ3n) is 22.3. The molecule has 0 radical (unpaired) electrons. The monoisotopic (exact) mass is 1630 g/mol. The maximum atomic E-state index is 13.1. The van der Waals surface area contributed by atoms with Crippen molar-refractivity contribution in [2.24, 2.45) is 0 Å². The summed E-state index contributed by atoms with van der Waals surface area (Å²) < 4.78 is 43.3. The fraction of sp³-hybridized carbons (Fsp3) is 0.395. The quantitative estimate of drug-likeness (QED) is 0.0644. The van der Waals surface area contributed by atoms with E-state index in [2.05, 4.69) is 91.2 Å². The van der Waals surface area contributed by atoms with Crippen LogP contribution in [0.25, 0.3) is 22.6 Å². The molecular formula is C76H83ClN30O11. The number of hydrogen-bond acceptors (Lipinski definition) is 33. The molecule has 21 rings (SSSR count). The molecule has 12 aromatic heterocycles. The Labute approximate surface area is 676 Å². The van der Waals surface area contributed by atoms with Gasteiger partial charge in [-0.15, -0.1) is 20.4 Å². The topological polar surface area (TPSA) is 496 Å². The molecule has 0 bridgehead atoms. The number of ether oxygens (including phenoxy) is 7. The molecule has 4 saturated heterocycles. The third kappa shape index (κ3) is 15.3. The number of nitrogens with zero attached hydrogens (tertiary/aromatic N) is 22. The Kier molecular flexibility index (Phi) is 21.1. The number of carbonyl (C=O) groups excluding carboxylic acids is 4. The Morgan fingerprint density at radius 3 is 1.14 bits per heavy atom. The summed E-state index contributed by atoms with van der Waals surface area (Å²) in [6.45, 7) is 13.1. The number of anilines is 8. The van der Waals surface area contributed by atoms with Gasteiger partial charge in [-0.05, 0) is 12.8 Å². The van der Waals surface area contributed by atoms with E-state index in [-0.39, 0.29) is 56.9 Å². The zero-order valence-electron chi connectivity index (χ0n) is 64.5. The highest BCUT2D eigenvalue weighted by molar-refractivity contribution is 6.29. The summed E-state index contributed by atoms with van der Waals surface area (Å²) in [7, 11) is 4.48. The molecule has 1 aliphatic carbocycles. The zero-order chi connectivity index (χ0) is 81.0. The highest BCUT2D eigenvalue weighted by Gasteiger charge is 2.37. The number of amides is 4. The number of halogens is 1. The smallest absolute Gasteiger partial charge is 0.263 e. The maximum absolute atomic E-state index is 13.1. The molecule has 0 unspecified atom stereocenters. The van der Waals surface area contributed by atoms with E-state index in [9.17, 15) is 19.2 Å². The van der Waals surface area contributed by atoms with Gasteiger partial charge in [0, 0.05) is 149 Å². The first-order valence-corrected chi connectivity index (χ1v) is 38.9. The number of fused-ring (bicyclic) bond motifs is 8. The van der Waals surface area contributed by atoms with Crippen LogP contribution in [0.4, 0.5) is 46.0 Å². The summed E-state index contributed by atoms with van der Waals surface area (Å²) in [6, 6.07) is 5.06. The minimum absolute atomic E-state index is 0.104. The molecule has 9 aliphatic rings. The number of rotatable bonds is 16. The van der Waals surface area contributed by atoms with Crippen molar-refractivity contribution in [1.82, 2.24) is 108 Å². The summed E-state index contributed by atoms with van der Waals surface area (Å²) in [5, 5.41) is 28.7. The minimum atomic E-state index is -0.443. The Morgan fingerprint density at radius 2 is 0.780 bits per heavy atom. The van der Waals surface area contributed by atoms with Crippen LogP contribution in [0.1, 0.15) is 111 Å². The molecule has 12 aromatic rings. The highest BCUT2D eigenvalue weighted by Crippen LogP contribution is 2.42. The summed E-state index contributed by atoms with van der Waals surface area (Å²) in [5.41, 5.74) is 38.0. The molecular weight excluding hydrogens is 1540 g/mol. The average molecular weight is 1630 g/mol. The average Bonchev–Trinajstić information content (AvgIpc) is 1.58. The second-order valence-electron chi connectivity index (χ2n) is 29.8. The van der Waals surface area contributed by atoms with Gasteiger partial charge in [0.2, 0.25) is 5.88 Å². The molecule has 20 heterocycles. The van der Waals surface area contributed by atoms with Gasteiger partial charge in [0.1, 0.15) is 68.6 Å². The van der Waals surface area contributed by atoms with Crippen molar-refractivity contribution in [3.63, 3.8) is 0 Å². The first-order valence-electron chi connectivity index (χ1n) is 38.5. The molecule has 8 aliphatic heterocycles. The first-order chi connectivity index (χ1) is 57.5. The third-order valence-corrected chi connectivity index (χ3v) is 22.5. The molecule has 5 fully saturated rings. The number of nitrogen functional groups attached to an aromatic ring is 4. The lowest BCUT2D eigenvalue weighted by atomic mass is 10.0. The predicted molar refractivity (Wildman–Crippen MR) is 425 cm³/mol. The van der Waals surface area contributed by atoms with Crippen molar-refractivity contribution in [1.29, 1.82) is 0 Å². The van der Waals surface area contributed by atoms with Crippen LogP contribution >= 0.6 is 11.6 Å². The van der Waals surface area contributed by atoms with Crippen LogP contribution in [0.5, 0.6) is 17.4 Å². The lowest BCUT2D eigenvalue weighted by Gasteiger charge is -2.39. The largest absolute Gasteiger partial charge is 0.494 e. The van der Waals surface area contributed by atoms with Crippen LogP contribution in [0, 0.1) is 0 Å². The summed E-state index contributed by atoms with van der Waals surface area (Å²) >= 11 is 5.89. The number of methoxy groups -OCH3 is 3. The molecule has 42 heteroatoms. The molecule has 4 amide bonds. The van der Waals surface area contributed by atoms with Gasteiger partial charge in [-0.3, -0.25) is 43.8 Å². The van der Waals surface area contributed by atoms with Gasteiger partial charge in [-0.2, -0.15) is 4.98 Å². The van der Waals surface area contributed by atoms with Crippen LogP contribution in [0.15, 0.2) is 80.6 Å². The van der Waals surface area contributed by atoms with Crippen LogP contribution < -0.4 is 58.4 Å². The molecule has 0 aromatic carbocycles. The number of nitrogens with one attached hydrogen (secondary N) is 4. The van der Waals surface area contributed by atoms with Crippen molar-refractivity contribution in [2.75, 3.05) is 145 Å². The van der Waals surface area contributed by atoms with Gasteiger partial charge in [0.25, 0.3) is 23.6 Å². The van der Waals surface area contributed by atoms with E-state index >= 15 is 0 Å². The second kappa shape index (κ2) is 32.5. The summed E-state index contributed by atoms with van der Waals surface area (Å²) in [6.07, 6.45) is 23.5. The van der Waals surface area contributed by atoms with Gasteiger partial charge >= 0.3 is 0 Å². The van der Waals surface area contributed by atoms with E-state index in [1.54, 1.807) is 36.5 Å². The Balaban J connectivity index is 0.000000108. The van der Waals surface area contributed by atoms with Gasteiger partial charge in [-0.1, -0.05) is 11.6 Å². The number of aromatic nitrogens is 18. The lowest BCUT2D eigenvalue weighted by molar-refractivity contribution is -0.0697. The van der Waals surface area contributed by atoms with E-state index in [4.69, 9.17) is 87.6 Å². The Morgan fingerprint density at radius 1 is 0.432 bits per heavy atom. The van der Waals surface area contributed by atoms with Crippen LogP contribution in [-0.4, -0.2) is 256 Å². The normalized spacial score (nSPS) is 17.6. The van der Waals surface area contributed by atoms with Gasteiger partial charge in [-0.25, -0.2) is 57.9 Å². The van der Waals surface area contributed by atoms with E-state index in [0.29, 0.717) is 92.5 Å². The van der Waals surface area contributed by atoms with Crippen molar-refractivity contribution < 1.29 is 52.3 Å². The second-order valence-corrected chi connectivity index (χ2v) is 30.1. The number of nitrogens with two attached hydrogens (primary N) is 4. The molecule has 0 spiro atoms. The molecule has 0 atom stereocenters. The van der Waals surface area contributed by atoms with Gasteiger partial charge < -0.3 is 77.4 Å². The molecule has 12 N–H and O–H groups in total. The Bertz CT molecular complexity index is 5730. The standard InChI is InChI=1S/C20H22N8O2.C19H20ClN7O3.C19H21N7O3.C18H20N8O3/c21-18-16(20(29)25-15-5-22-10-23-17(15)11-1-2-11)19-24-14-3-4-27(13-8-30-9-13)6-12(14)7-28(19)26-18;1-29-14-4-15(20)22-5-13(14)24-19(28)16-17(21)25-27-7-10-6-26(11-8-30-9-11)3-2-12(10)23-18(16)27;1-28-15-2-4-21-6-14(15)23-19(27)16-17(20)24-26-8-11-7-25(12-9-29-10-12)5-3-13(11)22-18(16)26;1-28-18-13(4-20-9-21-18)23-17(27)14-15(19)24-26-6-10-5-25(11-7-29-8-11)3-2-12(10)22-16(14)26/h5,7,10-11,13H,1-4,6,8-9H2,(H2,21,26)(H,25,29);4-5,7,11H,2-3,6,8-9H2,1H3,(H2,21,25)(H,24,28);2,4,6,8,12H,3,5,7,9-10H2,1H3,(H2,20,24)(H,23,27);4,6,9,11H,2-3,5,7-8H2,1H3,(H2,19,24)(H,23,27). The SMILES string of the molecule is COc1cc(Cl)ncc1NC(=O)c1c(N)nn2cc3c(nc12)CCN(C1COC1)C3.COc1ccncc1NC(=O)c1c(N)nn2cc3c(nc12)CCN(C1COC1)C3.COc1ncncc1NC(=O)c1c(N)nn2cc3c(nc12)CCN(C1COC1)C3.Nc1nn2cc3c(nc2c1C(=O)Nc1cncnc1C1CC1)CCN(C1COC1)C3. The van der Waals surface area contributed by atoms with Crippen molar-refractivity contribution in [2.45, 2.75) is 94.8 Å². The fourth-order valence-electron chi connectivity index (χ4n) is 15.4. The van der Waals surface area contributed by atoms with E-state index in [0.717, 1.165) is 194 Å². The first kappa shape index (κ1) is 76.7.